The van der Waals surface area contributed by atoms with E-state index >= 15 is 0 Å². The highest BCUT2D eigenvalue weighted by molar-refractivity contribution is 5.88. The Labute approximate surface area is 78.6 Å². The van der Waals surface area contributed by atoms with Gasteiger partial charge in [0.15, 0.2) is 5.76 Å². The molecule has 0 radical (unpaired) electrons. The van der Waals surface area contributed by atoms with Crippen molar-refractivity contribution in [1.29, 1.82) is 0 Å². The molecule has 1 rings (SSSR count). The first-order valence-corrected chi connectivity index (χ1v) is 3.47. The molecule has 0 atom stereocenters. The number of carbonyl (C=O) groups excluding carboxylic acids is 1. The molecule has 0 unspecified atom stereocenters. The molecule has 1 aromatic rings. The van der Waals surface area contributed by atoms with E-state index in [4.69, 9.17) is 0 Å². The molecule has 0 aliphatic rings. The molecule has 1 heterocycles. The molecular weight excluding hydrogens is 190 g/mol. The Kier molecular flexibility index (Phi) is 2.86. The van der Waals surface area contributed by atoms with Gasteiger partial charge in [0.25, 0.3) is 0 Å². The normalized spacial score (nSPS) is 8.64. The Bertz CT molecular complexity index is 422. The second-order valence-electron chi connectivity index (χ2n) is 2.14. The highest BCUT2D eigenvalue weighted by Crippen LogP contribution is 2.14. The van der Waals surface area contributed by atoms with Crippen LogP contribution in [0.3, 0.4) is 0 Å². The van der Waals surface area contributed by atoms with Crippen LogP contribution >= 0.6 is 0 Å². The minimum atomic E-state index is -0.732. The second-order valence-corrected chi connectivity index (χ2v) is 2.14. The summed E-state index contributed by atoms with van der Waals surface area (Å²) in [6.45, 7) is 0. The summed E-state index contributed by atoms with van der Waals surface area (Å²) >= 11 is 0. The lowest BCUT2D eigenvalue weighted by Crippen LogP contribution is -1.94. The van der Waals surface area contributed by atoms with Crippen LogP contribution in [0.2, 0.25) is 0 Å². The summed E-state index contributed by atoms with van der Waals surface area (Å²) < 4.78 is 8.90. The van der Waals surface area contributed by atoms with Crippen molar-refractivity contribution in [3.63, 3.8) is 0 Å². The van der Waals surface area contributed by atoms with E-state index in [-0.39, 0.29) is 5.76 Å². The minimum absolute atomic E-state index is 0.0436. The van der Waals surface area contributed by atoms with Gasteiger partial charge in [0, 0.05) is 12.0 Å². The van der Waals surface area contributed by atoms with Crippen LogP contribution in [-0.4, -0.2) is 18.0 Å². The van der Waals surface area contributed by atoms with Crippen molar-refractivity contribution in [2.24, 2.45) is 0 Å². The van der Waals surface area contributed by atoms with E-state index in [1.54, 1.807) is 0 Å². The van der Waals surface area contributed by atoms with Gasteiger partial charge in [-0.15, -0.1) is 0 Å². The molecule has 0 spiro atoms. The van der Waals surface area contributed by atoms with Crippen LogP contribution in [0.15, 0.2) is 16.5 Å². The number of hydrogen-bond acceptors (Lipinski definition) is 5. The molecule has 6 heteroatoms. The van der Waals surface area contributed by atoms with Crippen LogP contribution in [0.5, 0.6) is 0 Å². The number of carbonyl (C=O) groups is 1. The number of furan rings is 1. The van der Waals surface area contributed by atoms with E-state index < -0.39 is 16.8 Å². The van der Waals surface area contributed by atoms with Gasteiger partial charge < -0.3 is 9.15 Å². The minimum Gasteiger partial charge on any atom is -0.459 e. The Hall–Kier alpha value is -2.29. The molecule has 0 saturated carbocycles. The van der Waals surface area contributed by atoms with Crippen molar-refractivity contribution < 1.29 is 18.9 Å². The summed E-state index contributed by atoms with van der Waals surface area (Å²) in [5, 5.41) is 10.2. The zero-order chi connectivity index (χ0) is 10.6. The smallest absolute Gasteiger partial charge is 0.434 e. The van der Waals surface area contributed by atoms with Crippen LogP contribution in [0, 0.1) is 22.0 Å². The third-order valence-corrected chi connectivity index (χ3v) is 1.24. The predicted octanol–water partition coefficient (Wildman–Crippen LogP) is 0.712. The Balaban J connectivity index is 2.81. The molecule has 0 N–H and O–H groups in total. The molecule has 72 valence electrons. The number of rotatable bonds is 1. The summed E-state index contributed by atoms with van der Waals surface area (Å²) in [5.74, 6) is 3.24. The quantitative estimate of drug-likeness (QED) is 0.285. The summed E-state index contributed by atoms with van der Waals surface area (Å²) in [6.07, 6.45) is 0. The molecule has 0 aliphatic heterocycles. The first kappa shape index (κ1) is 9.80. The van der Waals surface area contributed by atoms with Gasteiger partial charge in [-0.05, 0) is 5.92 Å². The maximum atomic E-state index is 10.6. The zero-order valence-corrected chi connectivity index (χ0v) is 7.14. The van der Waals surface area contributed by atoms with Gasteiger partial charge in [0.05, 0.1) is 13.2 Å². The molecule has 0 aromatic carbocycles. The average molecular weight is 195 g/mol. The van der Waals surface area contributed by atoms with Crippen LogP contribution < -0.4 is 0 Å². The molecule has 1 aromatic heterocycles. The average Bonchev–Trinajstić information content (AvgIpc) is 2.62. The van der Waals surface area contributed by atoms with Crippen molar-refractivity contribution in [1.82, 2.24) is 0 Å². The first-order valence-electron chi connectivity index (χ1n) is 3.47. The van der Waals surface area contributed by atoms with Crippen LogP contribution in [0.4, 0.5) is 5.88 Å². The fourth-order valence-electron chi connectivity index (χ4n) is 0.657. The number of hydrogen-bond donors (Lipinski definition) is 0. The van der Waals surface area contributed by atoms with Crippen molar-refractivity contribution in [3.05, 3.63) is 28.0 Å². The molecule has 14 heavy (non-hydrogen) atoms. The number of ether oxygens (including phenoxy) is 1. The monoisotopic (exact) mass is 195 g/mol. The van der Waals surface area contributed by atoms with Crippen LogP contribution in [0.25, 0.3) is 0 Å². The van der Waals surface area contributed by atoms with Gasteiger partial charge >= 0.3 is 11.9 Å². The third-order valence-electron chi connectivity index (χ3n) is 1.24. The molecule has 0 amide bonds. The molecule has 0 saturated heterocycles. The van der Waals surface area contributed by atoms with Gasteiger partial charge in [0.2, 0.25) is 0 Å². The van der Waals surface area contributed by atoms with Gasteiger partial charge in [0.1, 0.15) is 4.92 Å². The third kappa shape index (κ3) is 2.35. The lowest BCUT2D eigenvalue weighted by molar-refractivity contribution is -0.402. The fraction of sp³-hybridized carbons (Fsp3) is 0.125. The molecule has 6 nitrogen and oxygen atoms in total. The number of esters is 1. The molecule has 0 fully saturated rings. The van der Waals surface area contributed by atoms with Gasteiger partial charge in [-0.25, -0.2) is 4.79 Å². The summed E-state index contributed by atoms with van der Waals surface area (Å²) in [6, 6.07) is 2.45. The van der Waals surface area contributed by atoms with E-state index in [1.807, 2.05) is 0 Å². The van der Waals surface area contributed by atoms with E-state index in [9.17, 15) is 14.9 Å². The van der Waals surface area contributed by atoms with E-state index in [0.29, 0.717) is 0 Å². The highest BCUT2D eigenvalue weighted by atomic mass is 16.6. The summed E-state index contributed by atoms with van der Waals surface area (Å²) in [4.78, 5) is 20.0. The fourth-order valence-corrected chi connectivity index (χ4v) is 0.657. The maximum Gasteiger partial charge on any atom is 0.434 e. The standard InChI is InChI=1S/C8H5NO5/c1-13-8(10)5-3-6-2-4-7(14-6)9(11)12/h2,4H,1H3. The largest absolute Gasteiger partial charge is 0.459 e. The Morgan fingerprint density at radius 3 is 2.86 bits per heavy atom. The SMILES string of the molecule is COC(=O)C#Cc1ccc([N+](=O)[O-])o1. The summed E-state index contributed by atoms with van der Waals surface area (Å²) in [7, 11) is 1.18. The molecule has 0 bridgehead atoms. The van der Waals surface area contributed by atoms with Gasteiger partial charge in [-0.3, -0.25) is 10.1 Å². The first-order chi connectivity index (χ1) is 6.63. The lowest BCUT2D eigenvalue weighted by Gasteiger charge is -1.83. The Morgan fingerprint density at radius 1 is 1.64 bits per heavy atom. The van der Waals surface area contributed by atoms with E-state index in [0.717, 1.165) is 6.07 Å². The zero-order valence-electron chi connectivity index (χ0n) is 7.14. The topological polar surface area (TPSA) is 82.6 Å². The van der Waals surface area contributed by atoms with Crippen LogP contribution in [-0.2, 0) is 9.53 Å². The van der Waals surface area contributed by atoms with Crippen molar-refractivity contribution in [2.75, 3.05) is 7.11 Å². The highest BCUT2D eigenvalue weighted by Gasteiger charge is 2.10. The van der Waals surface area contributed by atoms with Gasteiger partial charge in [-0.2, -0.15) is 0 Å². The second kappa shape index (κ2) is 4.09. The predicted molar refractivity (Wildman–Crippen MR) is 44.3 cm³/mol. The number of nitrogens with zero attached hydrogens (tertiary/aromatic N) is 1. The number of methoxy groups -OCH3 is 1. The van der Waals surface area contributed by atoms with Crippen molar-refractivity contribution in [3.8, 4) is 11.8 Å². The van der Waals surface area contributed by atoms with E-state index in [2.05, 4.69) is 21.0 Å². The van der Waals surface area contributed by atoms with Crippen LogP contribution in [0.1, 0.15) is 5.76 Å². The van der Waals surface area contributed by atoms with Gasteiger partial charge in [-0.1, -0.05) is 0 Å². The number of nitro groups is 1. The lowest BCUT2D eigenvalue weighted by atomic mass is 10.4. The van der Waals surface area contributed by atoms with E-state index in [1.165, 1.54) is 13.2 Å². The maximum absolute atomic E-state index is 10.6. The molecular formula is C8H5NO5. The van der Waals surface area contributed by atoms with Crippen molar-refractivity contribution in [2.45, 2.75) is 0 Å². The Morgan fingerprint density at radius 2 is 2.36 bits per heavy atom. The summed E-state index contributed by atoms with van der Waals surface area (Å²) in [5.41, 5.74) is 0. The van der Waals surface area contributed by atoms with Crippen molar-refractivity contribution >= 4 is 11.9 Å². The molecule has 0 aliphatic carbocycles.